The molecule has 0 atom stereocenters. The maximum Gasteiger partial charge on any atom is 0.160 e. The predicted molar refractivity (Wildman–Crippen MR) is 53.7 cm³/mol. The molecule has 14 heavy (non-hydrogen) atoms. The van der Waals surface area contributed by atoms with Crippen LogP contribution in [0, 0.1) is 0 Å². The average molecular weight is 194 g/mol. The second-order valence-electron chi connectivity index (χ2n) is 3.17. The van der Waals surface area contributed by atoms with Crippen molar-refractivity contribution in [2.24, 2.45) is 0 Å². The molecular weight excluding hydrogens is 180 g/mol. The van der Waals surface area contributed by atoms with Crippen LogP contribution in [0.1, 0.15) is 18.9 Å². The summed E-state index contributed by atoms with van der Waals surface area (Å²) >= 11 is 0. The Balaban J connectivity index is 2.81. The normalized spacial score (nSPS) is 9.86. The van der Waals surface area contributed by atoms with Crippen LogP contribution in [0.5, 0.6) is 11.5 Å². The van der Waals surface area contributed by atoms with Gasteiger partial charge in [0.15, 0.2) is 11.5 Å². The van der Waals surface area contributed by atoms with Crippen LogP contribution in [0.4, 0.5) is 0 Å². The van der Waals surface area contributed by atoms with Crippen molar-refractivity contribution in [3.05, 3.63) is 23.8 Å². The molecule has 0 unspecified atom stereocenters. The Morgan fingerprint density at radius 3 is 2.79 bits per heavy atom. The van der Waals surface area contributed by atoms with Crippen LogP contribution >= 0.6 is 0 Å². The Labute approximate surface area is 83.3 Å². The van der Waals surface area contributed by atoms with Gasteiger partial charge >= 0.3 is 0 Å². The van der Waals surface area contributed by atoms with Gasteiger partial charge in [0.2, 0.25) is 0 Å². The van der Waals surface area contributed by atoms with Gasteiger partial charge in [0, 0.05) is 6.42 Å². The fraction of sp³-hybridized carbons (Fsp3) is 0.364. The van der Waals surface area contributed by atoms with E-state index < -0.39 is 0 Å². The molecule has 3 nitrogen and oxygen atoms in total. The molecule has 0 aliphatic heterocycles. The minimum absolute atomic E-state index is 0.118. The molecule has 1 rings (SSSR count). The van der Waals surface area contributed by atoms with Gasteiger partial charge in [-0.25, -0.2) is 0 Å². The average Bonchev–Trinajstić information content (AvgIpc) is 2.16. The Morgan fingerprint density at radius 1 is 1.50 bits per heavy atom. The number of aromatic hydroxyl groups is 1. The van der Waals surface area contributed by atoms with Crippen molar-refractivity contribution in [3.63, 3.8) is 0 Å². The first-order chi connectivity index (χ1) is 6.65. The van der Waals surface area contributed by atoms with Crippen LogP contribution in [0.2, 0.25) is 0 Å². The number of phenolic OH excluding ortho intramolecular Hbond substituents is 1. The summed E-state index contributed by atoms with van der Waals surface area (Å²) in [5.41, 5.74) is 0.750. The zero-order valence-electron chi connectivity index (χ0n) is 8.41. The van der Waals surface area contributed by atoms with E-state index in [9.17, 15) is 9.90 Å². The monoisotopic (exact) mass is 194 g/mol. The van der Waals surface area contributed by atoms with Crippen LogP contribution < -0.4 is 4.74 Å². The molecule has 0 aromatic heterocycles. The standard InChI is InChI=1S/C11H14O3/c1-8(12)6-7-9-4-3-5-10(14-2)11(9)13/h3-5,13H,6-7H2,1-2H3. The number of ether oxygens (including phenoxy) is 1. The smallest absolute Gasteiger partial charge is 0.160 e. The van der Waals surface area contributed by atoms with Gasteiger partial charge in [-0.15, -0.1) is 0 Å². The highest BCUT2D eigenvalue weighted by Gasteiger charge is 2.07. The highest BCUT2D eigenvalue weighted by atomic mass is 16.5. The molecule has 0 saturated heterocycles. The first kappa shape index (κ1) is 10.6. The van der Waals surface area contributed by atoms with Crippen LogP contribution in [-0.2, 0) is 11.2 Å². The molecule has 0 radical (unpaired) electrons. The van der Waals surface area contributed by atoms with Gasteiger partial charge in [-0.2, -0.15) is 0 Å². The zero-order valence-corrected chi connectivity index (χ0v) is 8.41. The second-order valence-corrected chi connectivity index (χ2v) is 3.17. The van der Waals surface area contributed by atoms with Crippen molar-refractivity contribution >= 4 is 5.78 Å². The Kier molecular flexibility index (Phi) is 3.51. The van der Waals surface area contributed by atoms with E-state index in [1.54, 1.807) is 18.2 Å². The van der Waals surface area contributed by atoms with E-state index in [1.165, 1.54) is 14.0 Å². The summed E-state index contributed by atoms with van der Waals surface area (Å²) in [6.07, 6.45) is 0.999. The third-order valence-electron chi connectivity index (χ3n) is 2.05. The summed E-state index contributed by atoms with van der Waals surface area (Å²) in [5, 5.41) is 9.67. The van der Waals surface area contributed by atoms with Gasteiger partial charge < -0.3 is 14.6 Å². The van der Waals surface area contributed by atoms with E-state index in [1.807, 2.05) is 0 Å². The van der Waals surface area contributed by atoms with Gasteiger partial charge in [-0.05, 0) is 25.0 Å². The van der Waals surface area contributed by atoms with Crippen LogP contribution in [-0.4, -0.2) is 18.0 Å². The molecule has 0 amide bonds. The number of Topliss-reactive ketones (excluding diaryl/α,β-unsaturated/α-hetero) is 1. The van der Waals surface area contributed by atoms with Crippen molar-refractivity contribution in [3.8, 4) is 11.5 Å². The number of hydrogen-bond acceptors (Lipinski definition) is 3. The lowest BCUT2D eigenvalue weighted by molar-refractivity contribution is -0.116. The van der Waals surface area contributed by atoms with E-state index in [-0.39, 0.29) is 11.5 Å². The van der Waals surface area contributed by atoms with Gasteiger partial charge in [0.1, 0.15) is 5.78 Å². The van der Waals surface area contributed by atoms with E-state index in [0.717, 1.165) is 5.56 Å². The lowest BCUT2D eigenvalue weighted by atomic mass is 10.1. The van der Waals surface area contributed by atoms with Crippen LogP contribution in [0.25, 0.3) is 0 Å². The number of phenols is 1. The maximum atomic E-state index is 10.8. The number of carbonyl (C=O) groups is 1. The lowest BCUT2D eigenvalue weighted by Crippen LogP contribution is -1.95. The van der Waals surface area contributed by atoms with Gasteiger partial charge in [0.25, 0.3) is 0 Å². The number of rotatable bonds is 4. The first-order valence-electron chi connectivity index (χ1n) is 4.49. The summed E-state index contributed by atoms with van der Waals surface area (Å²) in [6, 6.07) is 5.28. The molecule has 76 valence electrons. The number of para-hydroxylation sites is 1. The van der Waals surface area contributed by atoms with Crippen molar-refractivity contribution in [1.29, 1.82) is 0 Å². The molecule has 0 bridgehead atoms. The number of methoxy groups -OCH3 is 1. The second kappa shape index (κ2) is 4.65. The van der Waals surface area contributed by atoms with E-state index in [2.05, 4.69) is 0 Å². The van der Waals surface area contributed by atoms with E-state index in [0.29, 0.717) is 18.6 Å². The molecular formula is C11H14O3. The van der Waals surface area contributed by atoms with Gasteiger partial charge in [0.05, 0.1) is 7.11 Å². The van der Waals surface area contributed by atoms with E-state index in [4.69, 9.17) is 4.74 Å². The quantitative estimate of drug-likeness (QED) is 0.796. The zero-order chi connectivity index (χ0) is 10.6. The lowest BCUT2D eigenvalue weighted by Gasteiger charge is -2.07. The largest absolute Gasteiger partial charge is 0.504 e. The first-order valence-corrected chi connectivity index (χ1v) is 4.49. The number of carbonyl (C=O) groups excluding carboxylic acids is 1. The molecule has 0 aliphatic rings. The highest BCUT2D eigenvalue weighted by molar-refractivity contribution is 5.75. The molecule has 0 saturated carbocycles. The topological polar surface area (TPSA) is 46.5 Å². The summed E-state index contributed by atoms with van der Waals surface area (Å²) in [7, 11) is 1.50. The number of aryl methyl sites for hydroxylation is 1. The predicted octanol–water partition coefficient (Wildman–Crippen LogP) is 1.92. The Hall–Kier alpha value is -1.51. The number of hydrogen-bond donors (Lipinski definition) is 1. The highest BCUT2D eigenvalue weighted by Crippen LogP contribution is 2.29. The number of ketones is 1. The maximum absolute atomic E-state index is 10.8. The molecule has 0 heterocycles. The third kappa shape index (κ3) is 2.49. The van der Waals surface area contributed by atoms with Crippen LogP contribution in [0.15, 0.2) is 18.2 Å². The SMILES string of the molecule is COc1cccc(CCC(C)=O)c1O. The van der Waals surface area contributed by atoms with E-state index >= 15 is 0 Å². The summed E-state index contributed by atoms with van der Waals surface area (Å²) in [5.74, 6) is 0.703. The minimum Gasteiger partial charge on any atom is -0.504 e. The van der Waals surface area contributed by atoms with Crippen LogP contribution in [0.3, 0.4) is 0 Å². The van der Waals surface area contributed by atoms with Crippen molar-refractivity contribution in [1.82, 2.24) is 0 Å². The number of benzene rings is 1. The third-order valence-corrected chi connectivity index (χ3v) is 2.05. The Morgan fingerprint density at radius 2 is 2.21 bits per heavy atom. The van der Waals surface area contributed by atoms with Crippen molar-refractivity contribution in [2.45, 2.75) is 19.8 Å². The van der Waals surface area contributed by atoms with Gasteiger partial charge in [-0.1, -0.05) is 12.1 Å². The Bertz CT molecular complexity index is 331. The fourth-order valence-corrected chi connectivity index (χ4v) is 1.24. The molecule has 3 heteroatoms. The molecule has 1 aromatic rings. The van der Waals surface area contributed by atoms with Gasteiger partial charge in [-0.3, -0.25) is 0 Å². The molecule has 1 aromatic carbocycles. The molecule has 1 N–H and O–H groups in total. The summed E-state index contributed by atoms with van der Waals surface area (Å²) in [4.78, 5) is 10.8. The minimum atomic E-state index is 0.118. The van der Waals surface area contributed by atoms with Crippen molar-refractivity contribution in [2.75, 3.05) is 7.11 Å². The summed E-state index contributed by atoms with van der Waals surface area (Å²) in [6.45, 7) is 1.54. The molecule has 0 aliphatic carbocycles. The molecule has 0 spiro atoms. The van der Waals surface area contributed by atoms with Crippen molar-refractivity contribution < 1.29 is 14.6 Å². The fourth-order valence-electron chi connectivity index (χ4n) is 1.24. The molecule has 0 fully saturated rings. The summed E-state index contributed by atoms with van der Waals surface area (Å²) < 4.78 is 4.96.